The molecule has 156 valence electrons. The largest absolute Gasteiger partial charge is 0.345 e. The summed E-state index contributed by atoms with van der Waals surface area (Å²) in [5, 5.41) is 3.07. The summed E-state index contributed by atoms with van der Waals surface area (Å²) in [5.74, 6) is -0.238. The highest BCUT2D eigenvalue weighted by Crippen LogP contribution is 2.24. The van der Waals surface area contributed by atoms with E-state index in [1.54, 1.807) is 54.6 Å². The minimum absolute atomic E-state index is 0.117. The number of amides is 1. The summed E-state index contributed by atoms with van der Waals surface area (Å²) in [4.78, 5) is 13.1. The summed E-state index contributed by atoms with van der Waals surface area (Å²) in [7, 11) is -2.22. The third-order valence-corrected chi connectivity index (χ3v) is 6.95. The van der Waals surface area contributed by atoms with Gasteiger partial charge in [-0.15, -0.1) is 0 Å². The van der Waals surface area contributed by atoms with E-state index in [1.165, 1.54) is 11.4 Å². The molecule has 6 heteroatoms. The van der Waals surface area contributed by atoms with Crippen LogP contribution in [0.3, 0.4) is 0 Å². The summed E-state index contributed by atoms with van der Waals surface area (Å²) in [5.41, 5.74) is 3.03. The van der Waals surface area contributed by atoms with Crippen LogP contribution in [0.2, 0.25) is 0 Å². The second-order valence-electron chi connectivity index (χ2n) is 7.13. The number of hydrogen-bond donors (Lipinski definition) is 1. The van der Waals surface area contributed by atoms with Crippen molar-refractivity contribution in [1.29, 1.82) is 0 Å². The molecule has 0 radical (unpaired) electrons. The Labute approximate surface area is 178 Å². The number of sulfonamides is 1. The second-order valence-corrected chi connectivity index (χ2v) is 9.10. The Hall–Kier alpha value is -3.12. The number of nitrogens with zero attached hydrogens (tertiary/aromatic N) is 1. The predicted octanol–water partition coefficient (Wildman–Crippen LogP) is 4.70. The SMILES string of the molecule is CCC(NC(=O)c1cccc(N(C)S(=O)(=O)c2ccccc2)c1)c1ccccc1C. The van der Waals surface area contributed by atoms with E-state index in [1.807, 2.05) is 38.1 Å². The van der Waals surface area contributed by atoms with Gasteiger partial charge in [0.05, 0.1) is 16.6 Å². The van der Waals surface area contributed by atoms with Gasteiger partial charge in [0.1, 0.15) is 0 Å². The summed E-state index contributed by atoms with van der Waals surface area (Å²) < 4.78 is 27.0. The van der Waals surface area contributed by atoms with Crippen molar-refractivity contribution in [1.82, 2.24) is 5.32 Å². The van der Waals surface area contributed by atoms with E-state index in [-0.39, 0.29) is 16.8 Å². The standard InChI is InChI=1S/C24H26N2O3S/c1-4-23(22-16-9-8-11-18(22)2)25-24(27)19-12-10-13-20(17-19)26(3)30(28,29)21-14-6-5-7-15-21/h5-17,23H,4H2,1-3H3,(H,25,27). The smallest absolute Gasteiger partial charge is 0.264 e. The van der Waals surface area contributed by atoms with Gasteiger partial charge in [-0.05, 0) is 54.8 Å². The molecular formula is C24H26N2O3S. The van der Waals surface area contributed by atoms with E-state index in [0.717, 1.165) is 17.5 Å². The molecule has 0 heterocycles. The maximum Gasteiger partial charge on any atom is 0.264 e. The zero-order chi connectivity index (χ0) is 21.7. The third-order valence-electron chi connectivity index (χ3n) is 5.15. The first kappa shape index (κ1) is 21.6. The van der Waals surface area contributed by atoms with Gasteiger partial charge in [0.2, 0.25) is 0 Å². The maximum absolute atomic E-state index is 12.9. The van der Waals surface area contributed by atoms with Crippen LogP contribution < -0.4 is 9.62 Å². The number of carbonyl (C=O) groups is 1. The maximum atomic E-state index is 12.9. The van der Waals surface area contributed by atoms with Gasteiger partial charge < -0.3 is 5.32 Å². The number of benzene rings is 3. The molecular weight excluding hydrogens is 396 g/mol. The molecule has 0 aliphatic carbocycles. The van der Waals surface area contributed by atoms with Crippen molar-refractivity contribution in [3.63, 3.8) is 0 Å². The minimum atomic E-state index is -3.71. The van der Waals surface area contributed by atoms with E-state index >= 15 is 0 Å². The molecule has 30 heavy (non-hydrogen) atoms. The lowest BCUT2D eigenvalue weighted by molar-refractivity contribution is 0.0935. The van der Waals surface area contributed by atoms with Crippen LogP contribution in [0.1, 0.15) is 40.9 Å². The minimum Gasteiger partial charge on any atom is -0.345 e. The Bertz CT molecular complexity index is 1130. The highest BCUT2D eigenvalue weighted by atomic mass is 32.2. The number of nitrogens with one attached hydrogen (secondary N) is 1. The fourth-order valence-corrected chi connectivity index (χ4v) is 4.56. The van der Waals surface area contributed by atoms with Gasteiger partial charge in [-0.25, -0.2) is 8.42 Å². The Morgan fingerprint density at radius 2 is 1.63 bits per heavy atom. The van der Waals surface area contributed by atoms with E-state index in [9.17, 15) is 13.2 Å². The van der Waals surface area contributed by atoms with Crippen molar-refractivity contribution < 1.29 is 13.2 Å². The number of carbonyl (C=O) groups excluding carboxylic acids is 1. The summed E-state index contributed by atoms with van der Waals surface area (Å²) in [6, 6.07) is 22.7. The van der Waals surface area contributed by atoms with Gasteiger partial charge in [0, 0.05) is 12.6 Å². The quantitative estimate of drug-likeness (QED) is 0.600. The van der Waals surface area contributed by atoms with Crippen molar-refractivity contribution in [2.75, 3.05) is 11.4 Å². The Morgan fingerprint density at radius 1 is 0.967 bits per heavy atom. The van der Waals surface area contributed by atoms with Crippen molar-refractivity contribution in [2.24, 2.45) is 0 Å². The number of rotatable bonds is 7. The Kier molecular flexibility index (Phi) is 6.57. The lowest BCUT2D eigenvalue weighted by atomic mass is 9.99. The average Bonchev–Trinajstić information content (AvgIpc) is 2.78. The molecule has 0 spiro atoms. The topological polar surface area (TPSA) is 66.5 Å². The Balaban J connectivity index is 1.84. The van der Waals surface area contributed by atoms with Gasteiger partial charge in [0.25, 0.3) is 15.9 Å². The van der Waals surface area contributed by atoms with E-state index in [0.29, 0.717) is 11.3 Å². The second kappa shape index (κ2) is 9.13. The van der Waals surface area contributed by atoms with Gasteiger partial charge in [0.15, 0.2) is 0 Å². The molecule has 1 atom stereocenters. The van der Waals surface area contributed by atoms with Crippen LogP contribution >= 0.6 is 0 Å². The molecule has 1 amide bonds. The van der Waals surface area contributed by atoms with Crippen LogP contribution in [0.25, 0.3) is 0 Å². The normalized spacial score (nSPS) is 12.2. The lowest BCUT2D eigenvalue weighted by Crippen LogP contribution is -2.29. The predicted molar refractivity (Wildman–Crippen MR) is 120 cm³/mol. The number of aryl methyl sites for hydroxylation is 1. The Morgan fingerprint density at radius 3 is 2.30 bits per heavy atom. The molecule has 0 bridgehead atoms. The van der Waals surface area contributed by atoms with Crippen LogP contribution in [-0.2, 0) is 10.0 Å². The molecule has 0 aliphatic heterocycles. The van der Waals surface area contributed by atoms with Crippen LogP contribution in [0.15, 0.2) is 83.8 Å². The first-order chi connectivity index (χ1) is 14.3. The molecule has 3 aromatic rings. The summed E-state index contributed by atoms with van der Waals surface area (Å²) in [6.45, 7) is 4.04. The fourth-order valence-electron chi connectivity index (χ4n) is 3.35. The molecule has 5 nitrogen and oxygen atoms in total. The molecule has 0 fully saturated rings. The fraction of sp³-hybridized carbons (Fsp3) is 0.208. The average molecular weight is 423 g/mol. The van der Waals surface area contributed by atoms with Crippen molar-refractivity contribution in [3.05, 3.63) is 95.6 Å². The molecule has 0 saturated carbocycles. The highest BCUT2D eigenvalue weighted by molar-refractivity contribution is 7.92. The van der Waals surface area contributed by atoms with Crippen LogP contribution in [-0.4, -0.2) is 21.4 Å². The molecule has 1 unspecified atom stereocenters. The van der Waals surface area contributed by atoms with E-state index in [2.05, 4.69) is 5.32 Å². The van der Waals surface area contributed by atoms with Gasteiger partial charge >= 0.3 is 0 Å². The van der Waals surface area contributed by atoms with Crippen LogP contribution in [0.5, 0.6) is 0 Å². The lowest BCUT2D eigenvalue weighted by Gasteiger charge is -2.22. The number of hydrogen-bond acceptors (Lipinski definition) is 3. The van der Waals surface area contributed by atoms with Gasteiger partial charge in [-0.1, -0.05) is 55.5 Å². The molecule has 0 aliphatic rings. The van der Waals surface area contributed by atoms with E-state index < -0.39 is 10.0 Å². The number of anilines is 1. The van der Waals surface area contributed by atoms with Crippen molar-refractivity contribution >= 4 is 21.6 Å². The van der Waals surface area contributed by atoms with E-state index in [4.69, 9.17) is 0 Å². The zero-order valence-corrected chi connectivity index (χ0v) is 18.2. The third kappa shape index (κ3) is 4.54. The summed E-state index contributed by atoms with van der Waals surface area (Å²) in [6.07, 6.45) is 0.749. The first-order valence-electron chi connectivity index (χ1n) is 9.85. The van der Waals surface area contributed by atoms with Gasteiger partial charge in [-0.2, -0.15) is 0 Å². The molecule has 3 aromatic carbocycles. The van der Waals surface area contributed by atoms with Crippen molar-refractivity contribution in [3.8, 4) is 0 Å². The summed E-state index contributed by atoms with van der Waals surface area (Å²) >= 11 is 0. The molecule has 1 N–H and O–H groups in total. The highest BCUT2D eigenvalue weighted by Gasteiger charge is 2.22. The van der Waals surface area contributed by atoms with Gasteiger partial charge in [-0.3, -0.25) is 9.10 Å². The molecule has 3 rings (SSSR count). The van der Waals surface area contributed by atoms with Crippen LogP contribution in [0, 0.1) is 6.92 Å². The van der Waals surface area contributed by atoms with Crippen LogP contribution in [0.4, 0.5) is 5.69 Å². The zero-order valence-electron chi connectivity index (χ0n) is 17.4. The first-order valence-corrected chi connectivity index (χ1v) is 11.3. The molecule has 0 saturated heterocycles. The molecule has 0 aromatic heterocycles. The van der Waals surface area contributed by atoms with Crippen molar-refractivity contribution in [2.45, 2.75) is 31.2 Å². The monoisotopic (exact) mass is 422 g/mol.